The number of hydrogen-bond acceptors (Lipinski definition) is 5. The SMILES string of the molecule is CCCCS(=O)(CC[C@H](N)C(=O)OC)=NC(C)=O. The molecule has 0 aromatic heterocycles. The van der Waals surface area contributed by atoms with Crippen molar-refractivity contribution in [3.63, 3.8) is 0 Å². The van der Waals surface area contributed by atoms with Crippen LogP contribution in [0.2, 0.25) is 0 Å². The molecule has 0 aliphatic carbocycles. The van der Waals surface area contributed by atoms with E-state index in [9.17, 15) is 13.8 Å². The van der Waals surface area contributed by atoms with E-state index in [0.717, 1.165) is 12.8 Å². The highest BCUT2D eigenvalue weighted by atomic mass is 32.2. The fraction of sp³-hybridized carbons (Fsp3) is 0.818. The van der Waals surface area contributed by atoms with Gasteiger partial charge in [-0.15, -0.1) is 0 Å². The molecule has 0 heterocycles. The Kier molecular flexibility index (Phi) is 7.77. The Morgan fingerprint density at radius 1 is 1.39 bits per heavy atom. The molecule has 0 aliphatic heterocycles. The van der Waals surface area contributed by atoms with E-state index in [4.69, 9.17) is 5.73 Å². The van der Waals surface area contributed by atoms with Gasteiger partial charge in [0.25, 0.3) is 5.91 Å². The molecule has 1 unspecified atom stereocenters. The zero-order valence-corrected chi connectivity index (χ0v) is 12.0. The second-order valence-corrected chi connectivity index (χ2v) is 6.61. The van der Waals surface area contributed by atoms with Crippen LogP contribution < -0.4 is 5.73 Å². The summed E-state index contributed by atoms with van der Waals surface area (Å²) in [5, 5.41) is 0. The number of rotatable bonds is 7. The summed E-state index contributed by atoms with van der Waals surface area (Å²) in [6.45, 7) is 3.24. The van der Waals surface area contributed by atoms with E-state index in [2.05, 4.69) is 9.10 Å². The molecule has 0 aromatic rings. The number of hydrogen-bond donors (Lipinski definition) is 1. The van der Waals surface area contributed by atoms with Crippen molar-refractivity contribution in [1.29, 1.82) is 0 Å². The third-order valence-electron chi connectivity index (χ3n) is 2.36. The van der Waals surface area contributed by atoms with Gasteiger partial charge in [-0.05, 0) is 12.8 Å². The zero-order chi connectivity index (χ0) is 14.2. The van der Waals surface area contributed by atoms with Gasteiger partial charge in [0.2, 0.25) is 0 Å². The summed E-state index contributed by atoms with van der Waals surface area (Å²) in [4.78, 5) is 22.1. The standard InChI is InChI=1S/C11H22N2O4S/c1-4-5-7-18(16,13-9(2)14)8-6-10(12)11(15)17-3/h10H,4-8,12H2,1-3H3/t10-,18?/m0/s1. The average molecular weight is 278 g/mol. The van der Waals surface area contributed by atoms with Crippen LogP contribution in [0.15, 0.2) is 4.36 Å². The molecule has 0 radical (unpaired) electrons. The fourth-order valence-electron chi connectivity index (χ4n) is 1.38. The maximum Gasteiger partial charge on any atom is 0.322 e. The topological polar surface area (TPSA) is 98.8 Å². The van der Waals surface area contributed by atoms with Crippen LogP contribution in [0, 0.1) is 0 Å². The molecule has 0 saturated carbocycles. The van der Waals surface area contributed by atoms with E-state index in [0.29, 0.717) is 5.75 Å². The average Bonchev–Trinajstić information content (AvgIpc) is 2.31. The van der Waals surface area contributed by atoms with Crippen LogP contribution in [0.25, 0.3) is 0 Å². The molecule has 106 valence electrons. The summed E-state index contributed by atoms with van der Waals surface area (Å²) < 4.78 is 20.5. The highest BCUT2D eigenvalue weighted by Crippen LogP contribution is 2.06. The minimum Gasteiger partial charge on any atom is -0.468 e. The normalized spacial score (nSPS) is 15.6. The molecule has 18 heavy (non-hydrogen) atoms. The zero-order valence-electron chi connectivity index (χ0n) is 11.2. The number of carbonyl (C=O) groups is 2. The Morgan fingerprint density at radius 3 is 2.44 bits per heavy atom. The predicted molar refractivity (Wildman–Crippen MR) is 70.5 cm³/mol. The Bertz CT molecular complexity index is 400. The maximum absolute atomic E-state index is 12.4. The summed E-state index contributed by atoms with van der Waals surface area (Å²) in [6.07, 6.45) is 1.79. The lowest BCUT2D eigenvalue weighted by Gasteiger charge is -2.12. The lowest BCUT2D eigenvalue weighted by atomic mass is 10.2. The van der Waals surface area contributed by atoms with Crippen LogP contribution in [0.5, 0.6) is 0 Å². The van der Waals surface area contributed by atoms with Crippen molar-refractivity contribution >= 4 is 21.6 Å². The largest absolute Gasteiger partial charge is 0.468 e. The van der Waals surface area contributed by atoms with Gasteiger partial charge in [-0.2, -0.15) is 4.36 Å². The third-order valence-corrected chi connectivity index (χ3v) is 4.75. The van der Waals surface area contributed by atoms with Gasteiger partial charge in [-0.3, -0.25) is 9.59 Å². The van der Waals surface area contributed by atoms with Crippen molar-refractivity contribution in [1.82, 2.24) is 0 Å². The second kappa shape index (κ2) is 8.20. The highest BCUT2D eigenvalue weighted by Gasteiger charge is 2.18. The van der Waals surface area contributed by atoms with Crippen LogP contribution in [-0.2, 0) is 24.1 Å². The van der Waals surface area contributed by atoms with E-state index in [1.807, 2.05) is 6.92 Å². The Morgan fingerprint density at radius 2 is 2.00 bits per heavy atom. The van der Waals surface area contributed by atoms with Crippen LogP contribution in [-0.4, -0.2) is 40.7 Å². The van der Waals surface area contributed by atoms with E-state index in [1.54, 1.807) is 0 Å². The van der Waals surface area contributed by atoms with Crippen molar-refractivity contribution in [2.24, 2.45) is 10.1 Å². The molecule has 0 fully saturated rings. The summed E-state index contributed by atoms with van der Waals surface area (Å²) in [5.74, 6) is -0.502. The molecule has 0 bridgehead atoms. The number of ether oxygens (including phenoxy) is 1. The number of esters is 1. The molecule has 0 aliphatic rings. The molecular formula is C11H22N2O4S. The first-order valence-corrected chi connectivity index (χ1v) is 7.76. The third kappa shape index (κ3) is 6.70. The number of unbranched alkanes of at least 4 members (excludes halogenated alkanes) is 1. The van der Waals surface area contributed by atoms with Gasteiger partial charge in [-0.25, -0.2) is 4.21 Å². The van der Waals surface area contributed by atoms with Gasteiger partial charge in [0.1, 0.15) is 6.04 Å². The first-order valence-electron chi connectivity index (χ1n) is 5.91. The Hall–Kier alpha value is -0.950. The highest BCUT2D eigenvalue weighted by molar-refractivity contribution is 7.93. The van der Waals surface area contributed by atoms with Crippen molar-refractivity contribution < 1.29 is 18.5 Å². The van der Waals surface area contributed by atoms with Gasteiger partial charge in [0, 0.05) is 18.4 Å². The monoisotopic (exact) mass is 278 g/mol. The van der Waals surface area contributed by atoms with Gasteiger partial charge >= 0.3 is 5.97 Å². The van der Waals surface area contributed by atoms with Gasteiger partial charge in [0.15, 0.2) is 0 Å². The lowest BCUT2D eigenvalue weighted by Crippen LogP contribution is -2.33. The molecule has 0 saturated heterocycles. The molecule has 2 N–H and O–H groups in total. The molecule has 0 rings (SSSR count). The number of amides is 1. The first kappa shape index (κ1) is 17.1. The molecule has 6 nitrogen and oxygen atoms in total. The Balaban J connectivity index is 4.67. The summed E-state index contributed by atoms with van der Waals surface area (Å²) in [6, 6.07) is -0.820. The maximum atomic E-state index is 12.4. The smallest absolute Gasteiger partial charge is 0.322 e. The van der Waals surface area contributed by atoms with Gasteiger partial charge in [-0.1, -0.05) is 13.3 Å². The molecule has 0 aromatic carbocycles. The minimum absolute atomic E-state index is 0.142. The van der Waals surface area contributed by atoms with E-state index in [1.165, 1.54) is 14.0 Å². The first-order chi connectivity index (χ1) is 8.34. The number of carbonyl (C=O) groups excluding carboxylic acids is 2. The van der Waals surface area contributed by atoms with Crippen molar-refractivity contribution in [2.75, 3.05) is 18.6 Å². The number of nitrogens with zero attached hydrogens (tertiary/aromatic N) is 1. The van der Waals surface area contributed by atoms with Crippen molar-refractivity contribution in [3.05, 3.63) is 0 Å². The molecule has 1 amide bonds. The van der Waals surface area contributed by atoms with E-state index >= 15 is 0 Å². The van der Waals surface area contributed by atoms with Gasteiger partial charge in [0.05, 0.1) is 16.8 Å². The lowest BCUT2D eigenvalue weighted by molar-refractivity contribution is -0.142. The molecule has 7 heteroatoms. The predicted octanol–water partition coefficient (Wildman–Crippen LogP) is 0.691. The summed E-state index contributed by atoms with van der Waals surface area (Å²) in [7, 11) is -1.35. The molecule has 2 atom stereocenters. The fourth-order valence-corrected chi connectivity index (χ4v) is 3.60. The summed E-state index contributed by atoms with van der Waals surface area (Å²) >= 11 is 0. The van der Waals surface area contributed by atoms with Crippen LogP contribution in [0.4, 0.5) is 0 Å². The summed E-state index contributed by atoms with van der Waals surface area (Å²) in [5.41, 5.74) is 5.57. The van der Waals surface area contributed by atoms with Crippen LogP contribution in [0.1, 0.15) is 33.1 Å². The van der Waals surface area contributed by atoms with Crippen LogP contribution >= 0.6 is 0 Å². The van der Waals surface area contributed by atoms with E-state index in [-0.39, 0.29) is 12.2 Å². The molecular weight excluding hydrogens is 256 g/mol. The Labute approximate surface area is 108 Å². The van der Waals surface area contributed by atoms with Crippen molar-refractivity contribution in [2.45, 2.75) is 39.2 Å². The van der Waals surface area contributed by atoms with Crippen LogP contribution in [0.3, 0.4) is 0 Å². The number of methoxy groups -OCH3 is 1. The quantitative estimate of drug-likeness (QED) is 0.691. The number of nitrogens with two attached hydrogens (primary N) is 1. The minimum atomic E-state index is -2.60. The van der Waals surface area contributed by atoms with Gasteiger partial charge < -0.3 is 10.5 Å². The van der Waals surface area contributed by atoms with Crippen molar-refractivity contribution in [3.8, 4) is 0 Å². The van der Waals surface area contributed by atoms with E-state index < -0.39 is 27.6 Å². The second-order valence-electron chi connectivity index (χ2n) is 4.06. The molecule has 0 spiro atoms.